The minimum absolute atomic E-state index is 0.0293. The summed E-state index contributed by atoms with van der Waals surface area (Å²) >= 11 is 0. The molecule has 5 aromatic rings. The minimum Gasteiger partial charge on any atom is -0.481 e. The van der Waals surface area contributed by atoms with Crippen LogP contribution >= 0.6 is 0 Å². The number of benzene rings is 2. The summed E-state index contributed by atoms with van der Waals surface area (Å²) in [5.41, 5.74) is 3.32. The quantitative estimate of drug-likeness (QED) is 0.254. The van der Waals surface area contributed by atoms with Crippen molar-refractivity contribution < 1.29 is 27.9 Å². The number of hydrogen-bond donors (Lipinski definition) is 1. The maximum Gasteiger partial charge on any atom is 0.307 e. The molecule has 9 nitrogen and oxygen atoms in total. The van der Waals surface area contributed by atoms with Gasteiger partial charge >= 0.3 is 5.97 Å². The number of carboxylic acid groups (broad SMARTS) is 1. The largest absolute Gasteiger partial charge is 0.481 e. The van der Waals surface area contributed by atoms with E-state index >= 15 is 8.78 Å². The second-order valence-corrected chi connectivity index (χ2v) is 11.2. The Hall–Kier alpha value is -5.00. The molecule has 0 bridgehead atoms. The van der Waals surface area contributed by atoms with Gasteiger partial charge in [-0.05, 0) is 60.2 Å². The van der Waals surface area contributed by atoms with Crippen LogP contribution in [0.2, 0.25) is 0 Å². The highest BCUT2D eigenvalue weighted by atomic mass is 19.1. The number of hydrogen-bond acceptors (Lipinski definition) is 5. The molecule has 7 rings (SSSR count). The first-order valence-corrected chi connectivity index (χ1v) is 14.3. The number of fused-ring (bicyclic) bond motifs is 2. The van der Waals surface area contributed by atoms with E-state index in [4.69, 9.17) is 0 Å². The van der Waals surface area contributed by atoms with Crippen molar-refractivity contribution in [1.82, 2.24) is 29.3 Å². The molecule has 4 heterocycles. The second-order valence-electron chi connectivity index (χ2n) is 11.2. The van der Waals surface area contributed by atoms with E-state index < -0.39 is 42.5 Å². The van der Waals surface area contributed by atoms with Crippen LogP contribution < -0.4 is 0 Å². The lowest BCUT2D eigenvalue weighted by Gasteiger charge is -2.36. The molecule has 0 saturated heterocycles. The lowest BCUT2D eigenvalue weighted by molar-refractivity contribution is -0.138. The molecule has 2 aromatic carbocycles. The molecule has 1 fully saturated rings. The molecular weight excluding hydrogens is 573 g/mol. The van der Waals surface area contributed by atoms with Gasteiger partial charge in [-0.25, -0.2) is 22.7 Å². The molecule has 224 valence electrons. The first kappa shape index (κ1) is 27.8. The standard InChI is InChI=1S/C32H27F3N6O3/c1-17-19-4-2-3-5-20(19)25(35)16-40(17)31(42)28-14-29(26-8-10-39(37-26)11-9-33)41-30(36-28)15-27(38-41)21-7-6-18(12-24(21)34)22-13-23(22)32(43)44/h2-8,10,12,14-15,17,22-23,25H,9,11,13,16H2,1H3,(H,43,44)/t17-,22-,23+,25?/m1/s1. The molecule has 1 aliphatic heterocycles. The Labute approximate surface area is 249 Å². The summed E-state index contributed by atoms with van der Waals surface area (Å²) in [5.74, 6) is -2.70. The van der Waals surface area contributed by atoms with Gasteiger partial charge in [0, 0.05) is 17.8 Å². The maximum absolute atomic E-state index is 15.4. The Bertz CT molecular complexity index is 1940. The molecule has 2 aliphatic rings. The van der Waals surface area contributed by atoms with Crippen LogP contribution in [-0.4, -0.2) is 59.5 Å². The highest BCUT2D eigenvalue weighted by Crippen LogP contribution is 2.48. The van der Waals surface area contributed by atoms with Gasteiger partial charge in [0.1, 0.15) is 30.1 Å². The van der Waals surface area contributed by atoms with E-state index in [2.05, 4.69) is 15.2 Å². The molecule has 1 saturated carbocycles. The third kappa shape index (κ3) is 4.70. The molecule has 1 amide bonds. The Morgan fingerprint density at radius 2 is 1.82 bits per heavy atom. The minimum atomic E-state index is -1.36. The van der Waals surface area contributed by atoms with Gasteiger partial charge < -0.3 is 10.0 Å². The predicted molar refractivity (Wildman–Crippen MR) is 154 cm³/mol. The van der Waals surface area contributed by atoms with Crippen molar-refractivity contribution in [3.8, 4) is 22.6 Å². The van der Waals surface area contributed by atoms with E-state index in [1.807, 2.05) is 6.92 Å². The summed E-state index contributed by atoms with van der Waals surface area (Å²) in [7, 11) is 0. The molecule has 0 radical (unpaired) electrons. The number of amides is 1. The van der Waals surface area contributed by atoms with Crippen molar-refractivity contribution in [3.63, 3.8) is 0 Å². The van der Waals surface area contributed by atoms with Crippen molar-refractivity contribution in [3.05, 3.63) is 95.1 Å². The third-order valence-corrected chi connectivity index (χ3v) is 8.54. The van der Waals surface area contributed by atoms with Crippen LogP contribution in [0.25, 0.3) is 28.3 Å². The van der Waals surface area contributed by atoms with Crippen LogP contribution in [0, 0.1) is 11.7 Å². The third-order valence-electron chi connectivity index (χ3n) is 8.54. The van der Waals surface area contributed by atoms with Crippen molar-refractivity contribution in [2.75, 3.05) is 13.2 Å². The van der Waals surface area contributed by atoms with E-state index in [0.717, 1.165) is 5.56 Å². The van der Waals surface area contributed by atoms with E-state index in [9.17, 15) is 19.1 Å². The van der Waals surface area contributed by atoms with Crippen molar-refractivity contribution >= 4 is 17.5 Å². The number of carboxylic acids is 1. The van der Waals surface area contributed by atoms with Crippen LogP contribution in [0.4, 0.5) is 13.2 Å². The number of aryl methyl sites for hydroxylation is 1. The molecule has 1 unspecified atom stereocenters. The van der Waals surface area contributed by atoms with Crippen LogP contribution in [0.1, 0.15) is 58.7 Å². The first-order valence-electron chi connectivity index (χ1n) is 14.3. The van der Waals surface area contributed by atoms with Gasteiger partial charge in [-0.2, -0.15) is 10.2 Å². The summed E-state index contributed by atoms with van der Waals surface area (Å²) in [6, 6.07) is 16.0. The molecule has 4 atom stereocenters. The predicted octanol–water partition coefficient (Wildman–Crippen LogP) is 5.78. The summed E-state index contributed by atoms with van der Waals surface area (Å²) in [5, 5.41) is 18.3. The smallest absolute Gasteiger partial charge is 0.307 e. The van der Waals surface area contributed by atoms with Gasteiger partial charge in [-0.3, -0.25) is 14.3 Å². The Morgan fingerprint density at radius 3 is 2.55 bits per heavy atom. The molecule has 1 aliphatic carbocycles. The van der Waals surface area contributed by atoms with E-state index in [-0.39, 0.29) is 41.6 Å². The van der Waals surface area contributed by atoms with Gasteiger partial charge in [0.15, 0.2) is 5.65 Å². The zero-order valence-corrected chi connectivity index (χ0v) is 23.6. The number of carbonyl (C=O) groups is 2. The fourth-order valence-electron chi connectivity index (χ4n) is 6.09. The molecular formula is C32H27F3N6O3. The average Bonchev–Trinajstić information content (AvgIpc) is 3.51. The van der Waals surface area contributed by atoms with Crippen LogP contribution in [0.15, 0.2) is 66.9 Å². The Balaban J connectivity index is 1.30. The zero-order chi connectivity index (χ0) is 30.7. The highest BCUT2D eigenvalue weighted by molar-refractivity contribution is 5.94. The Morgan fingerprint density at radius 1 is 1.02 bits per heavy atom. The first-order chi connectivity index (χ1) is 21.2. The van der Waals surface area contributed by atoms with Gasteiger partial charge in [0.05, 0.1) is 36.4 Å². The van der Waals surface area contributed by atoms with Crippen LogP contribution in [0.3, 0.4) is 0 Å². The lowest BCUT2D eigenvalue weighted by Crippen LogP contribution is -2.40. The fraction of sp³-hybridized carbons (Fsp3) is 0.281. The van der Waals surface area contributed by atoms with Gasteiger partial charge in [0.2, 0.25) is 0 Å². The van der Waals surface area contributed by atoms with Gasteiger partial charge in [-0.15, -0.1) is 0 Å². The number of aliphatic carboxylic acids is 1. The van der Waals surface area contributed by atoms with E-state index in [1.165, 1.54) is 26.2 Å². The normalized spacial score (nSPS) is 21.0. The number of rotatable bonds is 7. The van der Waals surface area contributed by atoms with Crippen molar-refractivity contribution in [2.24, 2.45) is 5.92 Å². The maximum atomic E-state index is 15.4. The molecule has 44 heavy (non-hydrogen) atoms. The fourth-order valence-corrected chi connectivity index (χ4v) is 6.09. The van der Waals surface area contributed by atoms with Gasteiger partial charge in [-0.1, -0.05) is 30.3 Å². The zero-order valence-electron chi connectivity index (χ0n) is 23.6. The number of carbonyl (C=O) groups excluding carboxylic acids is 1. The number of nitrogens with zero attached hydrogens (tertiary/aromatic N) is 6. The summed E-state index contributed by atoms with van der Waals surface area (Å²) in [4.78, 5) is 31.2. The average molecular weight is 601 g/mol. The Kier molecular flexibility index (Phi) is 6.71. The monoisotopic (exact) mass is 600 g/mol. The van der Waals surface area contributed by atoms with Crippen molar-refractivity contribution in [2.45, 2.75) is 38.0 Å². The van der Waals surface area contributed by atoms with Gasteiger partial charge in [0.25, 0.3) is 5.91 Å². The summed E-state index contributed by atoms with van der Waals surface area (Å²) in [6.45, 7) is 1.11. The number of halogens is 3. The summed E-state index contributed by atoms with van der Waals surface area (Å²) < 4.78 is 46.5. The number of aromatic nitrogens is 5. The molecule has 0 spiro atoms. The molecule has 12 heteroatoms. The molecule has 3 aromatic heterocycles. The lowest BCUT2D eigenvalue weighted by atomic mass is 9.92. The number of alkyl halides is 2. The second kappa shape index (κ2) is 10.6. The van der Waals surface area contributed by atoms with Crippen LogP contribution in [0.5, 0.6) is 0 Å². The van der Waals surface area contributed by atoms with Crippen LogP contribution in [-0.2, 0) is 11.3 Å². The highest BCUT2D eigenvalue weighted by Gasteiger charge is 2.44. The summed E-state index contributed by atoms with van der Waals surface area (Å²) in [6.07, 6.45) is 0.705. The SMILES string of the molecule is C[C@@H]1c2ccccc2C(F)CN1C(=O)c1cc(-c2ccn(CCF)n2)n2nc(-c3ccc([C@H]4C[C@@H]4C(=O)O)cc3F)cc2n1. The topological polar surface area (TPSA) is 106 Å². The molecule has 1 N–H and O–H groups in total. The van der Waals surface area contributed by atoms with E-state index in [0.29, 0.717) is 28.9 Å². The van der Waals surface area contributed by atoms with E-state index in [1.54, 1.807) is 54.7 Å². The van der Waals surface area contributed by atoms with Crippen molar-refractivity contribution in [1.29, 1.82) is 0 Å².